The summed E-state index contributed by atoms with van der Waals surface area (Å²) in [5.41, 5.74) is 0. The number of ether oxygens (including phenoxy) is 2. The smallest absolute Gasteiger partial charge is 0.306 e. The van der Waals surface area contributed by atoms with E-state index in [1.165, 1.54) is 64.2 Å². The number of aliphatic hydroxyl groups is 1. The number of phosphoric acid groups is 1. The Balaban J connectivity index is 4.40. The maximum absolute atomic E-state index is 12.5. The van der Waals surface area contributed by atoms with Gasteiger partial charge in [0.25, 0.3) is 7.82 Å². The minimum atomic E-state index is -4.62. The molecule has 47 heavy (non-hydrogen) atoms. The molecule has 10 nitrogen and oxygen atoms in total. The Labute approximate surface area is 287 Å². The van der Waals surface area contributed by atoms with Crippen LogP contribution in [0.3, 0.4) is 0 Å². The molecule has 0 aliphatic heterocycles. The number of phosphoric ester groups is 1. The van der Waals surface area contributed by atoms with Gasteiger partial charge in [-0.25, -0.2) is 0 Å². The van der Waals surface area contributed by atoms with E-state index in [1.807, 2.05) is 21.1 Å². The Morgan fingerprint density at radius 3 is 1.51 bits per heavy atom. The molecule has 0 aromatic heterocycles. The summed E-state index contributed by atoms with van der Waals surface area (Å²) < 4.78 is 33.6. The number of esters is 2. The number of hydrogen-bond acceptors (Lipinski definition) is 9. The lowest BCUT2D eigenvalue weighted by Gasteiger charge is -2.28. The van der Waals surface area contributed by atoms with E-state index in [0.29, 0.717) is 17.4 Å². The van der Waals surface area contributed by atoms with Gasteiger partial charge in [0.05, 0.1) is 27.7 Å². The van der Waals surface area contributed by atoms with Crippen LogP contribution in [0.4, 0.5) is 0 Å². The van der Waals surface area contributed by atoms with Crippen LogP contribution in [0, 0.1) is 0 Å². The van der Waals surface area contributed by atoms with Crippen molar-refractivity contribution in [1.29, 1.82) is 0 Å². The zero-order valence-electron chi connectivity index (χ0n) is 30.7. The van der Waals surface area contributed by atoms with Crippen molar-refractivity contribution in [2.45, 2.75) is 167 Å². The normalized spacial score (nSPS) is 13.7. The van der Waals surface area contributed by atoms with E-state index in [-0.39, 0.29) is 32.7 Å². The average Bonchev–Trinajstić information content (AvgIpc) is 3.01. The third kappa shape index (κ3) is 34.6. The molecule has 0 aromatic rings. The molecule has 0 saturated heterocycles. The molecular weight excluding hydrogens is 621 g/mol. The van der Waals surface area contributed by atoms with Crippen molar-refractivity contribution in [2.75, 3.05) is 54.1 Å². The van der Waals surface area contributed by atoms with Crippen LogP contribution in [-0.2, 0) is 32.7 Å². The number of aliphatic hydroxyl groups excluding tert-OH is 1. The molecule has 0 spiro atoms. The summed E-state index contributed by atoms with van der Waals surface area (Å²) in [5, 5.41) is 8.84. The fourth-order valence-electron chi connectivity index (χ4n) is 5.16. The fraction of sp³-hybridized carbons (Fsp3) is 0.944. The lowest BCUT2D eigenvalue weighted by Crippen LogP contribution is -2.37. The highest BCUT2D eigenvalue weighted by atomic mass is 31.2. The molecule has 11 heteroatoms. The molecule has 0 rings (SSSR count). The van der Waals surface area contributed by atoms with Crippen molar-refractivity contribution in [1.82, 2.24) is 0 Å². The maximum atomic E-state index is 12.5. The molecule has 0 heterocycles. The Hall–Kier alpha value is -1.03. The summed E-state index contributed by atoms with van der Waals surface area (Å²) in [6, 6.07) is 0. The van der Waals surface area contributed by atoms with Gasteiger partial charge in [0.15, 0.2) is 6.10 Å². The number of carbonyl (C=O) groups excluding carboxylic acids is 2. The number of nitrogens with zero attached hydrogens (tertiary/aromatic N) is 1. The van der Waals surface area contributed by atoms with Crippen LogP contribution in [0.2, 0.25) is 0 Å². The second kappa shape index (κ2) is 31.0. The molecule has 0 fully saturated rings. The van der Waals surface area contributed by atoms with E-state index in [1.54, 1.807) is 0 Å². The lowest BCUT2D eigenvalue weighted by molar-refractivity contribution is -0.870. The van der Waals surface area contributed by atoms with Crippen LogP contribution >= 0.6 is 7.82 Å². The number of rotatable bonds is 35. The summed E-state index contributed by atoms with van der Waals surface area (Å²) in [6.07, 6.45) is 24.3. The van der Waals surface area contributed by atoms with Crippen molar-refractivity contribution in [3.8, 4) is 0 Å². The highest BCUT2D eigenvalue weighted by Gasteiger charge is 2.21. The highest BCUT2D eigenvalue weighted by molar-refractivity contribution is 7.45. The number of hydrogen-bond donors (Lipinski definition) is 1. The van der Waals surface area contributed by atoms with Crippen molar-refractivity contribution in [2.24, 2.45) is 0 Å². The average molecular weight is 694 g/mol. The van der Waals surface area contributed by atoms with E-state index in [4.69, 9.17) is 23.6 Å². The number of likely N-dealkylation sites (N-methyl/N-ethyl adjacent to an activating group) is 1. The Morgan fingerprint density at radius 2 is 1.06 bits per heavy atom. The van der Waals surface area contributed by atoms with Gasteiger partial charge in [-0.15, -0.1) is 0 Å². The maximum Gasteiger partial charge on any atom is 0.306 e. The quantitative estimate of drug-likeness (QED) is 0.0303. The van der Waals surface area contributed by atoms with Gasteiger partial charge in [-0.1, -0.05) is 129 Å². The molecule has 0 amide bonds. The zero-order chi connectivity index (χ0) is 35.1. The molecular formula is C36H72NO9P. The van der Waals surface area contributed by atoms with Gasteiger partial charge in [0.2, 0.25) is 0 Å². The van der Waals surface area contributed by atoms with Gasteiger partial charge in [0.1, 0.15) is 19.8 Å². The summed E-state index contributed by atoms with van der Waals surface area (Å²) in [5.74, 6) is -0.864. The minimum Gasteiger partial charge on any atom is -0.756 e. The van der Waals surface area contributed by atoms with Gasteiger partial charge >= 0.3 is 11.9 Å². The van der Waals surface area contributed by atoms with Crippen LogP contribution in [0.1, 0.15) is 161 Å². The first kappa shape index (κ1) is 46.0. The van der Waals surface area contributed by atoms with Crippen LogP contribution in [0.15, 0.2) is 0 Å². The van der Waals surface area contributed by atoms with Crippen molar-refractivity contribution in [3.63, 3.8) is 0 Å². The number of unbranched alkanes of at least 4 members (excludes halogenated alkanes) is 20. The van der Waals surface area contributed by atoms with E-state index in [9.17, 15) is 19.0 Å². The molecule has 1 N–H and O–H groups in total. The minimum absolute atomic E-state index is 0.0362. The third-order valence-corrected chi connectivity index (χ3v) is 9.15. The fourth-order valence-corrected chi connectivity index (χ4v) is 5.89. The predicted molar refractivity (Wildman–Crippen MR) is 187 cm³/mol. The van der Waals surface area contributed by atoms with Crippen molar-refractivity contribution < 1.29 is 47.2 Å². The van der Waals surface area contributed by atoms with Crippen LogP contribution in [-0.4, -0.2) is 81.7 Å². The van der Waals surface area contributed by atoms with E-state index in [2.05, 4.69) is 6.92 Å². The monoisotopic (exact) mass is 693 g/mol. The number of carbonyl (C=O) groups is 2. The first-order chi connectivity index (χ1) is 22.5. The summed E-state index contributed by atoms with van der Waals surface area (Å²) >= 11 is 0. The predicted octanol–water partition coefficient (Wildman–Crippen LogP) is 8.02. The second-order valence-electron chi connectivity index (χ2n) is 14.0. The summed E-state index contributed by atoms with van der Waals surface area (Å²) in [7, 11) is 1.14. The standard InChI is InChI=1S/C36H72NO9P/c1-5-6-7-8-9-10-11-12-13-15-18-21-24-27-35(39)43-32-34(33-45-47(41,42)44-31-29-37(2,3)4)46-36(40)28-25-22-19-16-14-17-20-23-26-30-38/h34,38H,5-33H2,1-4H3/t34-/m1/s1. The van der Waals surface area contributed by atoms with Crippen LogP contribution in [0.5, 0.6) is 0 Å². The Morgan fingerprint density at radius 1 is 0.638 bits per heavy atom. The van der Waals surface area contributed by atoms with Gasteiger partial charge in [-0.3, -0.25) is 14.2 Å². The van der Waals surface area contributed by atoms with Gasteiger partial charge in [-0.2, -0.15) is 0 Å². The topological polar surface area (TPSA) is 131 Å². The molecule has 0 aliphatic carbocycles. The Kier molecular flexibility index (Phi) is 30.3. The van der Waals surface area contributed by atoms with Gasteiger partial charge in [0, 0.05) is 19.4 Å². The largest absolute Gasteiger partial charge is 0.756 e. The van der Waals surface area contributed by atoms with Crippen LogP contribution in [0.25, 0.3) is 0 Å². The second-order valence-corrected chi connectivity index (χ2v) is 15.4. The molecule has 280 valence electrons. The molecule has 0 aromatic carbocycles. The van der Waals surface area contributed by atoms with E-state index in [0.717, 1.165) is 70.6 Å². The summed E-state index contributed by atoms with van der Waals surface area (Å²) in [4.78, 5) is 37.2. The molecule has 0 saturated carbocycles. The van der Waals surface area contributed by atoms with E-state index >= 15 is 0 Å². The molecule has 0 bridgehead atoms. The first-order valence-electron chi connectivity index (χ1n) is 18.9. The number of quaternary nitrogens is 1. The molecule has 1 unspecified atom stereocenters. The van der Waals surface area contributed by atoms with Crippen LogP contribution < -0.4 is 4.89 Å². The highest BCUT2D eigenvalue weighted by Crippen LogP contribution is 2.38. The van der Waals surface area contributed by atoms with Crippen molar-refractivity contribution >= 4 is 19.8 Å². The first-order valence-corrected chi connectivity index (χ1v) is 20.3. The zero-order valence-corrected chi connectivity index (χ0v) is 31.6. The lowest BCUT2D eigenvalue weighted by atomic mass is 10.0. The van der Waals surface area contributed by atoms with Crippen molar-refractivity contribution in [3.05, 3.63) is 0 Å². The molecule has 2 atom stereocenters. The molecule has 0 radical (unpaired) electrons. The third-order valence-electron chi connectivity index (χ3n) is 8.18. The van der Waals surface area contributed by atoms with Gasteiger partial charge in [-0.05, 0) is 19.3 Å². The molecule has 0 aliphatic rings. The van der Waals surface area contributed by atoms with Gasteiger partial charge < -0.3 is 33.0 Å². The summed E-state index contributed by atoms with van der Waals surface area (Å²) in [6.45, 7) is 2.19. The van der Waals surface area contributed by atoms with E-state index < -0.39 is 32.5 Å². The SMILES string of the molecule is CCCCCCCCCCCCCCCC(=O)OC[C@H](COP(=O)([O-])OCC[N+](C)(C)C)OC(=O)CCCCCCCCCCCO. The Bertz CT molecular complexity index is 791.